The monoisotopic (exact) mass is 219 g/mol. The van der Waals surface area contributed by atoms with Gasteiger partial charge in [-0.2, -0.15) is 12.6 Å². The molecule has 1 N–H and O–H groups in total. The van der Waals surface area contributed by atoms with Gasteiger partial charge in [0.2, 0.25) is 0 Å². The van der Waals surface area contributed by atoms with Crippen LogP contribution in [0.1, 0.15) is 12.8 Å². The highest BCUT2D eigenvalue weighted by atomic mass is 32.1. The number of nitrogens with zero attached hydrogens (tertiary/aromatic N) is 1. The summed E-state index contributed by atoms with van der Waals surface area (Å²) in [6.45, 7) is 3.58. The second kappa shape index (κ2) is 6.67. The second-order valence-corrected chi connectivity index (χ2v) is 4.54. The van der Waals surface area contributed by atoms with Gasteiger partial charge in [0.25, 0.3) is 0 Å². The van der Waals surface area contributed by atoms with Crippen LogP contribution in [0.3, 0.4) is 0 Å². The van der Waals surface area contributed by atoms with Crippen molar-refractivity contribution < 1.29 is 9.84 Å². The van der Waals surface area contributed by atoms with Gasteiger partial charge in [-0.15, -0.1) is 0 Å². The van der Waals surface area contributed by atoms with E-state index in [1.807, 2.05) is 0 Å². The molecule has 1 rings (SSSR count). The van der Waals surface area contributed by atoms with Crippen LogP contribution in [0.4, 0.5) is 0 Å². The zero-order valence-electron chi connectivity index (χ0n) is 8.85. The Morgan fingerprint density at radius 1 is 1.43 bits per heavy atom. The van der Waals surface area contributed by atoms with Crippen LogP contribution in [0.5, 0.6) is 0 Å². The molecule has 0 aromatic heterocycles. The lowest BCUT2D eigenvalue weighted by Crippen LogP contribution is -2.38. The molecular formula is C10H21NO2S. The molecule has 0 saturated heterocycles. The van der Waals surface area contributed by atoms with Gasteiger partial charge in [-0.05, 0) is 25.8 Å². The fourth-order valence-electron chi connectivity index (χ4n) is 1.77. The molecule has 84 valence electrons. The van der Waals surface area contributed by atoms with Crippen molar-refractivity contribution in [3.63, 3.8) is 0 Å². The lowest BCUT2D eigenvalue weighted by atomic mass is 9.82. The summed E-state index contributed by atoms with van der Waals surface area (Å²) in [6.07, 6.45) is 1.91. The number of thiol groups is 1. The third-order valence-electron chi connectivity index (χ3n) is 2.63. The molecule has 0 aromatic rings. The Kier molecular flexibility index (Phi) is 5.86. The minimum Gasteiger partial charge on any atom is -0.393 e. The molecule has 0 aromatic carbocycles. The van der Waals surface area contributed by atoms with Gasteiger partial charge in [-0.25, -0.2) is 0 Å². The predicted octanol–water partition coefficient (Wildman–Crippen LogP) is 0.635. The summed E-state index contributed by atoms with van der Waals surface area (Å²) < 4.78 is 5.34. The third kappa shape index (κ3) is 4.64. The molecule has 0 spiro atoms. The SMILES string of the molecule is CN(CCOCCS)CC1CC(O)C1. The third-order valence-corrected chi connectivity index (χ3v) is 2.82. The van der Waals surface area contributed by atoms with Crippen molar-refractivity contribution in [3.8, 4) is 0 Å². The Bertz CT molecular complexity index is 151. The van der Waals surface area contributed by atoms with E-state index in [9.17, 15) is 0 Å². The van der Waals surface area contributed by atoms with E-state index in [2.05, 4.69) is 24.6 Å². The molecule has 0 radical (unpaired) electrons. The fraction of sp³-hybridized carbons (Fsp3) is 1.00. The van der Waals surface area contributed by atoms with E-state index in [-0.39, 0.29) is 6.10 Å². The molecule has 1 fully saturated rings. The number of aliphatic hydroxyl groups excluding tert-OH is 1. The highest BCUT2D eigenvalue weighted by molar-refractivity contribution is 7.80. The molecule has 3 nitrogen and oxygen atoms in total. The van der Waals surface area contributed by atoms with Gasteiger partial charge in [0.15, 0.2) is 0 Å². The second-order valence-electron chi connectivity index (χ2n) is 4.09. The van der Waals surface area contributed by atoms with Crippen LogP contribution in [-0.4, -0.2) is 55.2 Å². The summed E-state index contributed by atoms with van der Waals surface area (Å²) in [6, 6.07) is 0. The predicted molar refractivity (Wildman–Crippen MR) is 60.9 cm³/mol. The number of likely N-dealkylation sites (N-methyl/N-ethyl adjacent to an activating group) is 1. The van der Waals surface area contributed by atoms with E-state index < -0.39 is 0 Å². The van der Waals surface area contributed by atoms with Crippen molar-refractivity contribution in [3.05, 3.63) is 0 Å². The average molecular weight is 219 g/mol. The van der Waals surface area contributed by atoms with Crippen molar-refractivity contribution >= 4 is 12.6 Å². The molecule has 14 heavy (non-hydrogen) atoms. The summed E-state index contributed by atoms with van der Waals surface area (Å²) in [5.74, 6) is 1.48. The Labute approximate surface area is 91.8 Å². The van der Waals surface area contributed by atoms with Crippen LogP contribution in [0.2, 0.25) is 0 Å². The quantitative estimate of drug-likeness (QED) is 0.487. The van der Waals surface area contributed by atoms with E-state index in [4.69, 9.17) is 9.84 Å². The average Bonchev–Trinajstić information content (AvgIpc) is 2.10. The Balaban J connectivity index is 1.91. The highest BCUT2D eigenvalue weighted by Gasteiger charge is 2.27. The van der Waals surface area contributed by atoms with Crippen LogP contribution in [0.15, 0.2) is 0 Å². The van der Waals surface area contributed by atoms with Gasteiger partial charge in [-0.1, -0.05) is 0 Å². The van der Waals surface area contributed by atoms with Gasteiger partial charge in [-0.3, -0.25) is 0 Å². The maximum Gasteiger partial charge on any atom is 0.0593 e. The largest absolute Gasteiger partial charge is 0.393 e. The molecule has 0 aliphatic heterocycles. The maximum atomic E-state index is 9.13. The first-order valence-corrected chi connectivity index (χ1v) is 5.91. The molecule has 1 saturated carbocycles. The number of ether oxygens (including phenoxy) is 1. The van der Waals surface area contributed by atoms with Crippen molar-refractivity contribution in [1.29, 1.82) is 0 Å². The Hall–Kier alpha value is 0.230. The standard InChI is InChI=1S/C10H21NO2S/c1-11(2-3-13-4-5-14)8-9-6-10(12)7-9/h9-10,12,14H,2-8H2,1H3. The fourth-order valence-corrected chi connectivity index (χ4v) is 1.90. The van der Waals surface area contributed by atoms with E-state index in [1.165, 1.54) is 0 Å². The molecule has 1 aliphatic carbocycles. The molecule has 0 unspecified atom stereocenters. The van der Waals surface area contributed by atoms with E-state index in [0.717, 1.165) is 44.9 Å². The minimum absolute atomic E-state index is 0.0335. The Morgan fingerprint density at radius 2 is 2.14 bits per heavy atom. The van der Waals surface area contributed by atoms with Crippen LogP contribution in [0, 0.1) is 5.92 Å². The first-order chi connectivity index (χ1) is 6.72. The number of rotatable bonds is 7. The van der Waals surface area contributed by atoms with Crippen LogP contribution >= 0.6 is 12.6 Å². The zero-order valence-corrected chi connectivity index (χ0v) is 9.75. The summed E-state index contributed by atoms with van der Waals surface area (Å²) in [7, 11) is 2.11. The molecule has 0 atom stereocenters. The molecular weight excluding hydrogens is 198 g/mol. The van der Waals surface area contributed by atoms with Crippen LogP contribution in [0.25, 0.3) is 0 Å². The zero-order chi connectivity index (χ0) is 10.4. The number of hydrogen-bond acceptors (Lipinski definition) is 4. The molecule has 4 heteroatoms. The van der Waals surface area contributed by atoms with Crippen molar-refractivity contribution in [1.82, 2.24) is 4.90 Å². The Morgan fingerprint density at radius 3 is 2.71 bits per heavy atom. The van der Waals surface area contributed by atoms with E-state index >= 15 is 0 Å². The summed E-state index contributed by atoms with van der Waals surface area (Å²) in [5.41, 5.74) is 0. The topological polar surface area (TPSA) is 32.7 Å². The van der Waals surface area contributed by atoms with Gasteiger partial charge in [0.1, 0.15) is 0 Å². The van der Waals surface area contributed by atoms with Crippen LogP contribution in [-0.2, 0) is 4.74 Å². The summed E-state index contributed by atoms with van der Waals surface area (Å²) in [5, 5.41) is 9.13. The number of aliphatic hydroxyl groups is 1. The minimum atomic E-state index is -0.0335. The lowest BCUT2D eigenvalue weighted by molar-refractivity contribution is 0.0238. The molecule has 0 amide bonds. The van der Waals surface area contributed by atoms with Gasteiger partial charge < -0.3 is 14.7 Å². The van der Waals surface area contributed by atoms with E-state index in [0.29, 0.717) is 5.92 Å². The van der Waals surface area contributed by atoms with Crippen molar-refractivity contribution in [2.24, 2.45) is 5.92 Å². The first kappa shape index (κ1) is 12.3. The van der Waals surface area contributed by atoms with Crippen molar-refractivity contribution in [2.45, 2.75) is 18.9 Å². The summed E-state index contributed by atoms with van der Waals surface area (Å²) in [4.78, 5) is 2.27. The van der Waals surface area contributed by atoms with Gasteiger partial charge in [0.05, 0.1) is 19.3 Å². The van der Waals surface area contributed by atoms with Crippen LogP contribution < -0.4 is 0 Å². The van der Waals surface area contributed by atoms with Gasteiger partial charge in [0, 0.05) is 18.8 Å². The molecule has 1 aliphatic rings. The number of hydrogen-bond donors (Lipinski definition) is 2. The lowest BCUT2D eigenvalue weighted by Gasteiger charge is -2.34. The van der Waals surface area contributed by atoms with Gasteiger partial charge >= 0.3 is 0 Å². The molecule has 0 heterocycles. The normalized spacial score (nSPS) is 26.6. The van der Waals surface area contributed by atoms with Crippen molar-refractivity contribution in [2.75, 3.05) is 39.1 Å². The highest BCUT2D eigenvalue weighted by Crippen LogP contribution is 2.27. The summed E-state index contributed by atoms with van der Waals surface area (Å²) >= 11 is 4.07. The maximum absolute atomic E-state index is 9.13. The van der Waals surface area contributed by atoms with E-state index in [1.54, 1.807) is 0 Å². The molecule has 0 bridgehead atoms. The smallest absolute Gasteiger partial charge is 0.0593 e. The first-order valence-electron chi connectivity index (χ1n) is 5.27.